The number of pyridine rings is 1. The molecule has 0 radical (unpaired) electrons. The summed E-state index contributed by atoms with van der Waals surface area (Å²) in [5.41, 5.74) is 3.26. The Bertz CT molecular complexity index is 1540. The van der Waals surface area contributed by atoms with Gasteiger partial charge in [-0.2, -0.15) is 0 Å². The zero-order valence-corrected chi connectivity index (χ0v) is 21.2. The second kappa shape index (κ2) is 10.5. The van der Waals surface area contributed by atoms with Crippen molar-refractivity contribution in [3.05, 3.63) is 82.9 Å². The van der Waals surface area contributed by atoms with Crippen LogP contribution in [0.1, 0.15) is 15.9 Å². The summed E-state index contributed by atoms with van der Waals surface area (Å²) in [5.74, 6) is 0.851. The maximum Gasteiger partial charge on any atom is 0.252 e. The Labute approximate surface area is 214 Å². The zero-order valence-electron chi connectivity index (χ0n) is 19.6. The smallest absolute Gasteiger partial charge is 0.252 e. The normalized spacial score (nSPS) is 11.3. The molecule has 10 heteroatoms. The fraction of sp³-hybridized carbons (Fsp3) is 0.154. The number of amides is 1. The second-order valence-electron chi connectivity index (χ2n) is 7.98. The number of sulfonamides is 1. The van der Waals surface area contributed by atoms with E-state index in [1.54, 1.807) is 62.8 Å². The Balaban J connectivity index is 1.61. The van der Waals surface area contributed by atoms with E-state index in [9.17, 15) is 13.2 Å². The van der Waals surface area contributed by atoms with E-state index in [-0.39, 0.29) is 10.8 Å². The number of benzene rings is 3. The van der Waals surface area contributed by atoms with Gasteiger partial charge in [0, 0.05) is 22.5 Å². The molecule has 3 N–H and O–H groups in total. The highest BCUT2D eigenvalue weighted by Crippen LogP contribution is 2.33. The average molecular weight is 526 g/mol. The van der Waals surface area contributed by atoms with E-state index in [4.69, 9.17) is 31.2 Å². The van der Waals surface area contributed by atoms with E-state index >= 15 is 0 Å². The number of nitrogens with two attached hydrogens (primary N) is 1. The first-order valence-corrected chi connectivity index (χ1v) is 12.8. The van der Waals surface area contributed by atoms with Crippen molar-refractivity contribution in [2.45, 2.75) is 11.3 Å². The van der Waals surface area contributed by atoms with Gasteiger partial charge in [0.15, 0.2) is 11.5 Å². The fourth-order valence-electron chi connectivity index (χ4n) is 3.79. The molecule has 4 aromatic rings. The molecule has 36 heavy (non-hydrogen) atoms. The third-order valence-corrected chi connectivity index (χ3v) is 6.81. The van der Waals surface area contributed by atoms with Crippen LogP contribution in [0.25, 0.3) is 22.2 Å². The molecule has 4 rings (SSSR count). The molecule has 0 unspecified atom stereocenters. The number of hydrogen-bond donors (Lipinski definition) is 2. The second-order valence-corrected chi connectivity index (χ2v) is 9.98. The van der Waals surface area contributed by atoms with Crippen molar-refractivity contribution in [1.29, 1.82) is 0 Å². The summed E-state index contributed by atoms with van der Waals surface area (Å²) in [6.07, 6.45) is 0.503. The molecule has 1 heterocycles. The Morgan fingerprint density at radius 2 is 1.69 bits per heavy atom. The Hall–Kier alpha value is -3.66. The van der Waals surface area contributed by atoms with Crippen molar-refractivity contribution in [2.75, 3.05) is 20.8 Å². The van der Waals surface area contributed by atoms with E-state index in [1.165, 1.54) is 12.1 Å². The number of aromatic nitrogens is 1. The number of primary sulfonamides is 1. The number of fused-ring (bicyclic) bond motifs is 1. The topological polar surface area (TPSA) is 121 Å². The zero-order chi connectivity index (χ0) is 25.9. The summed E-state index contributed by atoms with van der Waals surface area (Å²) < 4.78 is 33.6. The summed E-state index contributed by atoms with van der Waals surface area (Å²) in [4.78, 5) is 18.0. The van der Waals surface area contributed by atoms with Crippen LogP contribution in [0.5, 0.6) is 11.5 Å². The lowest BCUT2D eigenvalue weighted by Gasteiger charge is -2.13. The minimum atomic E-state index is -3.75. The van der Waals surface area contributed by atoms with Gasteiger partial charge in [0.05, 0.1) is 35.9 Å². The lowest BCUT2D eigenvalue weighted by Crippen LogP contribution is -2.26. The molecule has 186 valence electrons. The molecule has 0 saturated heterocycles. The highest BCUT2D eigenvalue weighted by atomic mass is 35.5. The molecule has 0 aliphatic heterocycles. The van der Waals surface area contributed by atoms with Gasteiger partial charge in [-0.15, -0.1) is 0 Å². The number of nitrogens with zero attached hydrogens (tertiary/aromatic N) is 1. The summed E-state index contributed by atoms with van der Waals surface area (Å²) in [6.45, 7) is 0.337. The van der Waals surface area contributed by atoms with Crippen LogP contribution in [0.4, 0.5) is 0 Å². The summed E-state index contributed by atoms with van der Waals surface area (Å²) in [5, 5.41) is 9.18. The third-order valence-electron chi connectivity index (χ3n) is 5.65. The third kappa shape index (κ3) is 5.59. The molecule has 8 nitrogen and oxygen atoms in total. The van der Waals surface area contributed by atoms with Crippen molar-refractivity contribution in [3.63, 3.8) is 0 Å². The molecule has 0 bridgehead atoms. The molecule has 0 atom stereocenters. The van der Waals surface area contributed by atoms with Crippen LogP contribution in [0.3, 0.4) is 0 Å². The molecule has 1 aromatic heterocycles. The first-order valence-electron chi connectivity index (χ1n) is 10.9. The van der Waals surface area contributed by atoms with Crippen LogP contribution in [-0.2, 0) is 16.4 Å². The molecule has 3 aromatic carbocycles. The molecule has 0 fully saturated rings. The molecule has 1 amide bonds. The Kier molecular flexibility index (Phi) is 7.44. The number of carbonyl (C=O) groups excluding carboxylic acids is 1. The van der Waals surface area contributed by atoms with E-state index in [2.05, 4.69) is 5.32 Å². The first kappa shape index (κ1) is 25.4. The van der Waals surface area contributed by atoms with E-state index in [0.29, 0.717) is 51.6 Å². The lowest BCUT2D eigenvalue weighted by molar-refractivity contribution is 0.0955. The summed E-state index contributed by atoms with van der Waals surface area (Å²) in [7, 11) is -0.634. The molecule has 0 aliphatic rings. The van der Waals surface area contributed by atoms with E-state index < -0.39 is 10.0 Å². The summed E-state index contributed by atoms with van der Waals surface area (Å²) in [6, 6.07) is 18.6. The lowest BCUT2D eigenvalue weighted by atomic mass is 10.0. The van der Waals surface area contributed by atoms with Gasteiger partial charge in [-0.1, -0.05) is 23.7 Å². The average Bonchev–Trinajstić information content (AvgIpc) is 2.87. The molecule has 0 spiro atoms. The van der Waals surface area contributed by atoms with Gasteiger partial charge in [0.1, 0.15) is 0 Å². The summed E-state index contributed by atoms with van der Waals surface area (Å²) >= 11 is 6.21. The van der Waals surface area contributed by atoms with Crippen molar-refractivity contribution in [1.82, 2.24) is 10.3 Å². The van der Waals surface area contributed by atoms with Crippen LogP contribution in [-0.4, -0.2) is 40.1 Å². The Morgan fingerprint density at radius 3 is 2.36 bits per heavy atom. The van der Waals surface area contributed by atoms with Gasteiger partial charge in [-0.25, -0.2) is 18.5 Å². The van der Waals surface area contributed by atoms with Crippen LogP contribution in [0, 0.1) is 0 Å². The highest BCUT2D eigenvalue weighted by molar-refractivity contribution is 7.89. The predicted molar refractivity (Wildman–Crippen MR) is 139 cm³/mol. The number of methoxy groups -OCH3 is 2. The Morgan fingerprint density at radius 1 is 0.972 bits per heavy atom. The standard InChI is InChI=1S/C26H24ClN3O5S/c1-34-24-10-5-17(13-25(24)35-2)23-15-21(20-14-18(27)6-9-22(20)30-23)26(31)29-12-11-16-3-7-19(8-4-16)36(28,32)33/h3-10,13-15H,11-12H2,1-2H3,(H,29,31)(H2,28,32,33). The van der Waals surface area contributed by atoms with E-state index in [1.807, 2.05) is 6.07 Å². The van der Waals surface area contributed by atoms with Gasteiger partial charge in [0.25, 0.3) is 5.91 Å². The molecule has 0 saturated carbocycles. The molecule has 0 aliphatic carbocycles. The maximum absolute atomic E-state index is 13.2. The van der Waals surface area contributed by atoms with Gasteiger partial charge in [-0.05, 0) is 66.6 Å². The number of ether oxygens (including phenoxy) is 2. The monoisotopic (exact) mass is 525 g/mol. The van der Waals surface area contributed by atoms with Gasteiger partial charge >= 0.3 is 0 Å². The highest BCUT2D eigenvalue weighted by Gasteiger charge is 2.16. The van der Waals surface area contributed by atoms with Crippen LogP contribution in [0.2, 0.25) is 5.02 Å². The van der Waals surface area contributed by atoms with Crippen LogP contribution in [0.15, 0.2) is 71.6 Å². The quantitative estimate of drug-likeness (QED) is 0.356. The van der Waals surface area contributed by atoms with Crippen molar-refractivity contribution >= 4 is 38.4 Å². The van der Waals surface area contributed by atoms with Gasteiger partial charge in [0.2, 0.25) is 10.0 Å². The van der Waals surface area contributed by atoms with Gasteiger partial charge in [-0.3, -0.25) is 4.79 Å². The maximum atomic E-state index is 13.2. The van der Waals surface area contributed by atoms with Crippen molar-refractivity contribution in [2.24, 2.45) is 5.14 Å². The number of nitrogens with one attached hydrogen (secondary N) is 1. The van der Waals surface area contributed by atoms with E-state index in [0.717, 1.165) is 11.1 Å². The largest absolute Gasteiger partial charge is 0.493 e. The van der Waals surface area contributed by atoms with Gasteiger partial charge < -0.3 is 14.8 Å². The minimum absolute atomic E-state index is 0.0399. The number of carbonyl (C=O) groups is 1. The number of halogens is 1. The number of hydrogen-bond acceptors (Lipinski definition) is 6. The predicted octanol–water partition coefficient (Wildman–Crippen LogP) is 4.19. The molecular formula is C26H24ClN3O5S. The van der Waals surface area contributed by atoms with Crippen LogP contribution >= 0.6 is 11.6 Å². The SMILES string of the molecule is COc1ccc(-c2cc(C(=O)NCCc3ccc(S(N)(=O)=O)cc3)c3cc(Cl)ccc3n2)cc1OC. The molecular weight excluding hydrogens is 502 g/mol. The van der Waals surface area contributed by atoms with Crippen molar-refractivity contribution in [3.8, 4) is 22.8 Å². The van der Waals surface area contributed by atoms with Crippen LogP contribution < -0.4 is 19.9 Å². The minimum Gasteiger partial charge on any atom is -0.493 e. The number of rotatable bonds is 8. The first-order chi connectivity index (χ1) is 17.2. The fourth-order valence-corrected chi connectivity index (χ4v) is 4.48. The van der Waals surface area contributed by atoms with Crippen molar-refractivity contribution < 1.29 is 22.7 Å².